The van der Waals surface area contributed by atoms with Gasteiger partial charge in [-0.25, -0.2) is 0 Å². The summed E-state index contributed by atoms with van der Waals surface area (Å²) < 4.78 is 0. The Balaban J connectivity index is 0.00000361. The van der Waals surface area contributed by atoms with Gasteiger partial charge in [-0.05, 0) is 26.8 Å². The fraction of sp³-hybridized carbons (Fsp3) is 0.714. The minimum Gasteiger partial charge on any atom is -0.352 e. The third kappa shape index (κ3) is 6.91. The minimum absolute atomic E-state index is 0. The molecular formula is C14H26ClN3O2. The number of hydrogen-bond acceptors (Lipinski definition) is 3. The second-order valence-corrected chi connectivity index (χ2v) is 4.66. The molecule has 0 fully saturated rings. The monoisotopic (exact) mass is 303 g/mol. The maximum absolute atomic E-state index is 11.7. The minimum atomic E-state index is -0.0417. The predicted molar refractivity (Wildman–Crippen MR) is 83.0 cm³/mol. The van der Waals surface area contributed by atoms with Gasteiger partial charge in [0.15, 0.2) is 0 Å². The average molecular weight is 304 g/mol. The van der Waals surface area contributed by atoms with Crippen LogP contribution >= 0.6 is 12.4 Å². The average Bonchev–Trinajstić information content (AvgIpc) is 2.45. The molecule has 0 aromatic heterocycles. The van der Waals surface area contributed by atoms with E-state index in [1.54, 1.807) is 4.90 Å². The van der Waals surface area contributed by atoms with Gasteiger partial charge in [0.2, 0.25) is 11.8 Å². The Bertz CT molecular complexity index is 341. The highest BCUT2D eigenvalue weighted by Gasteiger charge is 2.12. The molecule has 0 aromatic rings. The molecule has 1 rings (SSSR count). The first-order chi connectivity index (χ1) is 9.17. The topological polar surface area (TPSA) is 61.4 Å². The highest BCUT2D eigenvalue weighted by atomic mass is 35.5. The zero-order chi connectivity index (χ0) is 14.1. The Labute approximate surface area is 127 Å². The second-order valence-electron chi connectivity index (χ2n) is 4.66. The quantitative estimate of drug-likeness (QED) is 0.692. The van der Waals surface area contributed by atoms with Crippen molar-refractivity contribution >= 4 is 24.2 Å². The molecular weight excluding hydrogens is 278 g/mol. The van der Waals surface area contributed by atoms with Crippen molar-refractivity contribution in [1.82, 2.24) is 15.5 Å². The number of carbonyl (C=O) groups excluding carboxylic acids is 2. The number of nitrogens with zero attached hydrogens (tertiary/aromatic N) is 1. The van der Waals surface area contributed by atoms with Crippen molar-refractivity contribution in [2.45, 2.75) is 33.1 Å². The third-order valence-electron chi connectivity index (χ3n) is 3.35. The normalized spacial score (nSPS) is 14.0. The maximum Gasteiger partial charge on any atom is 0.223 e. The van der Waals surface area contributed by atoms with Gasteiger partial charge in [-0.1, -0.05) is 11.6 Å². The molecule has 5 nitrogen and oxygen atoms in total. The van der Waals surface area contributed by atoms with Crippen LogP contribution < -0.4 is 10.6 Å². The molecule has 0 unspecified atom stereocenters. The molecule has 1 aliphatic rings. The molecule has 2 N–H and O–H groups in total. The molecule has 0 saturated heterocycles. The summed E-state index contributed by atoms with van der Waals surface area (Å²) in [5.41, 5.74) is 1.27. The molecule has 6 heteroatoms. The number of rotatable bonds is 7. The van der Waals surface area contributed by atoms with Gasteiger partial charge in [0.1, 0.15) is 0 Å². The fourth-order valence-corrected chi connectivity index (χ4v) is 2.09. The van der Waals surface area contributed by atoms with Crippen LogP contribution in [-0.4, -0.2) is 49.4 Å². The van der Waals surface area contributed by atoms with Crippen molar-refractivity contribution in [2.24, 2.45) is 0 Å². The van der Waals surface area contributed by atoms with Gasteiger partial charge < -0.3 is 15.5 Å². The Morgan fingerprint density at radius 1 is 1.30 bits per heavy atom. The molecule has 0 spiro atoms. The molecule has 0 bridgehead atoms. The lowest BCUT2D eigenvalue weighted by Crippen LogP contribution is -2.33. The van der Waals surface area contributed by atoms with Crippen molar-refractivity contribution in [3.63, 3.8) is 0 Å². The molecule has 116 valence electrons. The molecule has 1 aliphatic heterocycles. The molecule has 0 aliphatic carbocycles. The molecule has 1 heterocycles. The molecule has 2 amide bonds. The van der Waals surface area contributed by atoms with Crippen molar-refractivity contribution in [2.75, 3.05) is 32.7 Å². The van der Waals surface area contributed by atoms with Gasteiger partial charge >= 0.3 is 0 Å². The van der Waals surface area contributed by atoms with E-state index in [4.69, 9.17) is 0 Å². The van der Waals surface area contributed by atoms with Crippen LogP contribution in [-0.2, 0) is 9.59 Å². The lowest BCUT2D eigenvalue weighted by atomic mass is 10.1. The Morgan fingerprint density at radius 3 is 2.55 bits per heavy atom. The van der Waals surface area contributed by atoms with Crippen molar-refractivity contribution in [1.29, 1.82) is 0 Å². The van der Waals surface area contributed by atoms with Gasteiger partial charge in [-0.15, -0.1) is 12.4 Å². The smallest absolute Gasteiger partial charge is 0.223 e. The number of carbonyl (C=O) groups is 2. The van der Waals surface area contributed by atoms with E-state index in [2.05, 4.69) is 16.7 Å². The van der Waals surface area contributed by atoms with Gasteiger partial charge in [0.25, 0.3) is 0 Å². The number of amides is 2. The van der Waals surface area contributed by atoms with Gasteiger partial charge in [-0.2, -0.15) is 0 Å². The Morgan fingerprint density at radius 2 is 2.00 bits per heavy atom. The summed E-state index contributed by atoms with van der Waals surface area (Å²) in [5, 5.41) is 6.11. The van der Waals surface area contributed by atoms with E-state index >= 15 is 0 Å². The summed E-state index contributed by atoms with van der Waals surface area (Å²) in [6.07, 6.45) is 3.68. The number of hydrogen-bond donors (Lipinski definition) is 2. The van der Waals surface area contributed by atoms with Crippen molar-refractivity contribution in [3.8, 4) is 0 Å². The summed E-state index contributed by atoms with van der Waals surface area (Å²) in [6.45, 7) is 7.78. The summed E-state index contributed by atoms with van der Waals surface area (Å²) >= 11 is 0. The summed E-state index contributed by atoms with van der Waals surface area (Å²) in [7, 11) is 0. The van der Waals surface area contributed by atoms with Gasteiger partial charge in [0.05, 0.1) is 0 Å². The summed E-state index contributed by atoms with van der Waals surface area (Å²) in [6, 6.07) is 0. The van der Waals surface area contributed by atoms with Crippen LogP contribution in [0.15, 0.2) is 11.6 Å². The van der Waals surface area contributed by atoms with Gasteiger partial charge in [-0.3, -0.25) is 9.59 Å². The Kier molecular flexibility index (Phi) is 10.1. The van der Waals surface area contributed by atoms with Crippen LogP contribution in [0.5, 0.6) is 0 Å². The van der Waals surface area contributed by atoms with Crippen LogP contribution in [0.2, 0.25) is 0 Å². The molecule has 0 saturated carbocycles. The SMILES string of the molecule is CCN(CC)C(=O)CCC(=O)NCC1=CCNCC1.Cl. The van der Waals surface area contributed by atoms with Crippen LogP contribution in [0.4, 0.5) is 0 Å². The number of nitrogens with one attached hydrogen (secondary N) is 2. The highest BCUT2D eigenvalue weighted by Crippen LogP contribution is 2.03. The lowest BCUT2D eigenvalue weighted by Gasteiger charge is -2.18. The first kappa shape index (κ1) is 18.9. The van der Waals surface area contributed by atoms with E-state index in [9.17, 15) is 9.59 Å². The van der Waals surface area contributed by atoms with E-state index in [-0.39, 0.29) is 30.6 Å². The van der Waals surface area contributed by atoms with Crippen LogP contribution in [0, 0.1) is 0 Å². The number of halogens is 1. The zero-order valence-corrected chi connectivity index (χ0v) is 13.2. The van der Waals surface area contributed by atoms with E-state index < -0.39 is 0 Å². The second kappa shape index (κ2) is 10.7. The van der Waals surface area contributed by atoms with E-state index in [1.807, 2.05) is 13.8 Å². The fourth-order valence-electron chi connectivity index (χ4n) is 2.09. The first-order valence-corrected chi connectivity index (χ1v) is 7.10. The van der Waals surface area contributed by atoms with E-state index in [0.29, 0.717) is 26.1 Å². The summed E-state index contributed by atoms with van der Waals surface area (Å²) in [5.74, 6) is 0.0150. The van der Waals surface area contributed by atoms with Crippen molar-refractivity contribution in [3.05, 3.63) is 11.6 Å². The van der Waals surface area contributed by atoms with Crippen LogP contribution in [0.25, 0.3) is 0 Å². The first-order valence-electron chi connectivity index (χ1n) is 7.10. The molecule has 0 radical (unpaired) electrons. The van der Waals surface area contributed by atoms with E-state index in [0.717, 1.165) is 19.5 Å². The van der Waals surface area contributed by atoms with E-state index in [1.165, 1.54) is 5.57 Å². The zero-order valence-electron chi connectivity index (χ0n) is 12.4. The van der Waals surface area contributed by atoms with Gasteiger partial charge in [0, 0.05) is 39.0 Å². The van der Waals surface area contributed by atoms with Crippen LogP contribution in [0.3, 0.4) is 0 Å². The standard InChI is InChI=1S/C14H25N3O2.ClH/c1-3-17(4-2)14(19)6-5-13(18)16-11-12-7-9-15-10-8-12;/h7,15H,3-6,8-11H2,1-2H3,(H,16,18);1H. The molecule has 0 atom stereocenters. The third-order valence-corrected chi connectivity index (χ3v) is 3.35. The summed E-state index contributed by atoms with van der Waals surface area (Å²) in [4.78, 5) is 25.2. The van der Waals surface area contributed by atoms with Crippen molar-refractivity contribution < 1.29 is 9.59 Å². The maximum atomic E-state index is 11.7. The Hall–Kier alpha value is -1.07. The molecule has 20 heavy (non-hydrogen) atoms. The van der Waals surface area contributed by atoms with Crippen LogP contribution in [0.1, 0.15) is 33.1 Å². The molecule has 0 aromatic carbocycles. The lowest BCUT2D eigenvalue weighted by molar-refractivity contribution is -0.133. The predicted octanol–water partition coefficient (Wildman–Crippen LogP) is 1.09. The highest BCUT2D eigenvalue weighted by molar-refractivity contribution is 5.85. The largest absolute Gasteiger partial charge is 0.352 e.